The van der Waals surface area contributed by atoms with Crippen molar-refractivity contribution in [2.75, 3.05) is 0 Å². The van der Waals surface area contributed by atoms with E-state index in [1.165, 1.54) is 6.07 Å². The molecule has 0 aromatic heterocycles. The smallest absolute Gasteiger partial charge is 0.208 e. The van der Waals surface area contributed by atoms with E-state index < -0.39 is 5.82 Å². The minimum Gasteiger partial charge on any atom is -0.369 e. The third-order valence-electron chi connectivity index (χ3n) is 1.57. The van der Waals surface area contributed by atoms with Crippen molar-refractivity contribution in [2.24, 2.45) is 16.6 Å². The van der Waals surface area contributed by atoms with Crippen LogP contribution in [-0.2, 0) is 0 Å². The molecule has 0 saturated heterocycles. The molecule has 0 radical (unpaired) electrons. The fourth-order valence-electron chi connectivity index (χ4n) is 0.917. The molecule has 0 bridgehead atoms. The summed E-state index contributed by atoms with van der Waals surface area (Å²) in [5, 5.41) is 0. The normalized spacial score (nSPS) is 11.5. The maximum atomic E-state index is 13.1. The predicted molar refractivity (Wildman–Crippen MR) is 49.7 cm³/mol. The SMILES string of the molecule is Cc1cccc(F)c1N=C(N)NN. The first-order chi connectivity index (χ1) is 6.15. The van der Waals surface area contributed by atoms with Gasteiger partial charge in [0.05, 0.1) is 0 Å². The lowest BCUT2D eigenvalue weighted by Gasteiger charge is -2.02. The zero-order chi connectivity index (χ0) is 9.84. The molecule has 0 spiro atoms. The van der Waals surface area contributed by atoms with Crippen LogP contribution in [0.4, 0.5) is 10.1 Å². The first-order valence-corrected chi connectivity index (χ1v) is 3.71. The number of rotatable bonds is 1. The van der Waals surface area contributed by atoms with Crippen LogP contribution in [0, 0.1) is 12.7 Å². The number of para-hydroxylation sites is 1. The number of hydrazine groups is 1. The molecule has 5 heteroatoms. The first kappa shape index (κ1) is 9.47. The molecule has 0 amide bonds. The number of nitrogens with one attached hydrogen (secondary N) is 1. The number of hydrogen-bond acceptors (Lipinski definition) is 2. The van der Waals surface area contributed by atoms with Gasteiger partial charge in [0.15, 0.2) is 0 Å². The molecule has 0 aliphatic heterocycles. The van der Waals surface area contributed by atoms with Crippen LogP contribution in [0.5, 0.6) is 0 Å². The van der Waals surface area contributed by atoms with Crippen LogP contribution in [0.15, 0.2) is 23.2 Å². The summed E-state index contributed by atoms with van der Waals surface area (Å²) in [5.41, 5.74) is 8.33. The molecule has 13 heavy (non-hydrogen) atoms. The Bertz CT molecular complexity index is 315. The summed E-state index contributed by atoms with van der Waals surface area (Å²) in [6.45, 7) is 1.74. The van der Waals surface area contributed by atoms with Crippen molar-refractivity contribution in [3.63, 3.8) is 0 Å². The Morgan fingerprint density at radius 2 is 2.23 bits per heavy atom. The van der Waals surface area contributed by atoms with Gasteiger partial charge in [0.2, 0.25) is 5.96 Å². The highest BCUT2D eigenvalue weighted by Gasteiger charge is 2.03. The van der Waals surface area contributed by atoms with Gasteiger partial charge in [0, 0.05) is 0 Å². The molecule has 0 aliphatic rings. The van der Waals surface area contributed by atoms with Crippen molar-refractivity contribution >= 4 is 11.6 Å². The van der Waals surface area contributed by atoms with E-state index in [0.717, 1.165) is 0 Å². The number of nitrogens with zero attached hydrogens (tertiary/aromatic N) is 1. The van der Waals surface area contributed by atoms with Gasteiger partial charge >= 0.3 is 0 Å². The Morgan fingerprint density at radius 1 is 1.54 bits per heavy atom. The molecule has 0 aliphatic carbocycles. The highest BCUT2D eigenvalue weighted by atomic mass is 19.1. The fraction of sp³-hybridized carbons (Fsp3) is 0.125. The van der Waals surface area contributed by atoms with Crippen LogP contribution >= 0.6 is 0 Å². The van der Waals surface area contributed by atoms with E-state index in [4.69, 9.17) is 11.6 Å². The predicted octanol–water partition coefficient (Wildman–Crippen LogP) is 0.544. The Kier molecular flexibility index (Phi) is 2.81. The van der Waals surface area contributed by atoms with Crippen LogP contribution in [0.3, 0.4) is 0 Å². The van der Waals surface area contributed by atoms with Gasteiger partial charge in [-0.3, -0.25) is 5.43 Å². The molecule has 0 fully saturated rings. The van der Waals surface area contributed by atoms with Crippen LogP contribution in [-0.4, -0.2) is 5.96 Å². The lowest BCUT2D eigenvalue weighted by Crippen LogP contribution is -2.36. The van der Waals surface area contributed by atoms with Gasteiger partial charge < -0.3 is 5.73 Å². The third kappa shape index (κ3) is 2.16. The Hall–Kier alpha value is -1.62. The summed E-state index contributed by atoms with van der Waals surface area (Å²) in [6.07, 6.45) is 0. The third-order valence-corrected chi connectivity index (χ3v) is 1.57. The highest BCUT2D eigenvalue weighted by Crippen LogP contribution is 2.21. The largest absolute Gasteiger partial charge is 0.369 e. The first-order valence-electron chi connectivity index (χ1n) is 3.71. The van der Waals surface area contributed by atoms with Gasteiger partial charge in [-0.2, -0.15) is 0 Å². The number of halogens is 1. The summed E-state index contributed by atoms with van der Waals surface area (Å²) in [7, 11) is 0. The van der Waals surface area contributed by atoms with Gasteiger partial charge in [0.1, 0.15) is 11.5 Å². The van der Waals surface area contributed by atoms with Crippen LogP contribution in [0.25, 0.3) is 0 Å². The molecule has 1 rings (SSSR count). The van der Waals surface area contributed by atoms with Crippen molar-refractivity contribution < 1.29 is 4.39 Å². The van der Waals surface area contributed by atoms with Crippen molar-refractivity contribution in [2.45, 2.75) is 6.92 Å². The van der Waals surface area contributed by atoms with Gasteiger partial charge in [-0.05, 0) is 18.6 Å². The van der Waals surface area contributed by atoms with E-state index in [9.17, 15) is 4.39 Å². The summed E-state index contributed by atoms with van der Waals surface area (Å²) in [4.78, 5) is 3.76. The average Bonchev–Trinajstić information content (AvgIpc) is 2.11. The molecule has 1 aromatic carbocycles. The number of hydrogen-bond donors (Lipinski definition) is 3. The van der Waals surface area contributed by atoms with E-state index in [1.54, 1.807) is 19.1 Å². The topological polar surface area (TPSA) is 76.4 Å². The Morgan fingerprint density at radius 3 is 2.77 bits per heavy atom. The number of benzene rings is 1. The zero-order valence-corrected chi connectivity index (χ0v) is 7.21. The standard InChI is InChI=1S/C8H11FN4/c1-5-3-2-4-6(9)7(5)12-8(10)13-11/h2-4H,11H2,1H3,(H3,10,12,13). The molecule has 0 unspecified atom stereocenters. The second-order valence-electron chi connectivity index (χ2n) is 2.55. The Balaban J connectivity index is 3.14. The second kappa shape index (κ2) is 3.86. The maximum absolute atomic E-state index is 13.1. The van der Waals surface area contributed by atoms with Crippen molar-refractivity contribution in [1.82, 2.24) is 5.43 Å². The maximum Gasteiger partial charge on any atom is 0.208 e. The van der Waals surface area contributed by atoms with E-state index in [-0.39, 0.29) is 11.6 Å². The van der Waals surface area contributed by atoms with Gasteiger partial charge in [0.25, 0.3) is 0 Å². The summed E-state index contributed by atoms with van der Waals surface area (Å²) in [6, 6.07) is 4.66. The molecule has 1 aromatic rings. The molecule has 0 atom stereocenters. The van der Waals surface area contributed by atoms with E-state index in [2.05, 4.69) is 10.4 Å². The van der Waals surface area contributed by atoms with Crippen molar-refractivity contribution in [3.05, 3.63) is 29.6 Å². The molecular weight excluding hydrogens is 171 g/mol. The van der Waals surface area contributed by atoms with Crippen molar-refractivity contribution in [1.29, 1.82) is 0 Å². The molecule has 70 valence electrons. The molecule has 4 nitrogen and oxygen atoms in total. The average molecular weight is 182 g/mol. The number of nitrogens with two attached hydrogens (primary N) is 2. The van der Waals surface area contributed by atoms with Gasteiger partial charge in [-0.1, -0.05) is 12.1 Å². The lowest BCUT2D eigenvalue weighted by molar-refractivity contribution is 0.628. The summed E-state index contributed by atoms with van der Waals surface area (Å²) < 4.78 is 13.1. The second-order valence-corrected chi connectivity index (χ2v) is 2.55. The molecule has 0 heterocycles. The van der Waals surface area contributed by atoms with Crippen molar-refractivity contribution in [3.8, 4) is 0 Å². The monoisotopic (exact) mass is 182 g/mol. The van der Waals surface area contributed by atoms with E-state index in [0.29, 0.717) is 5.56 Å². The molecule has 5 N–H and O–H groups in total. The molecule has 0 saturated carbocycles. The van der Waals surface area contributed by atoms with Crippen LogP contribution < -0.4 is 17.0 Å². The minimum atomic E-state index is -0.418. The van der Waals surface area contributed by atoms with Crippen LogP contribution in [0.2, 0.25) is 0 Å². The quantitative estimate of drug-likeness (QED) is 0.257. The van der Waals surface area contributed by atoms with E-state index in [1.807, 2.05) is 0 Å². The van der Waals surface area contributed by atoms with E-state index >= 15 is 0 Å². The summed E-state index contributed by atoms with van der Waals surface area (Å²) >= 11 is 0. The van der Waals surface area contributed by atoms with Crippen LogP contribution in [0.1, 0.15) is 5.56 Å². The number of aliphatic imine (C=N–C) groups is 1. The highest BCUT2D eigenvalue weighted by molar-refractivity contribution is 5.80. The van der Waals surface area contributed by atoms with Gasteiger partial charge in [-0.25, -0.2) is 15.2 Å². The minimum absolute atomic E-state index is 0.0202. The van der Waals surface area contributed by atoms with Gasteiger partial charge in [-0.15, -0.1) is 0 Å². The summed E-state index contributed by atoms with van der Waals surface area (Å²) in [5.74, 6) is 4.55. The lowest BCUT2D eigenvalue weighted by atomic mass is 10.2. The number of aryl methyl sites for hydroxylation is 1. The Labute approximate surface area is 75.4 Å². The fourth-order valence-corrected chi connectivity index (χ4v) is 0.917. The number of guanidine groups is 1. The molecular formula is C8H11FN4. The zero-order valence-electron chi connectivity index (χ0n) is 7.21.